The van der Waals surface area contributed by atoms with Gasteiger partial charge in [0.2, 0.25) is 0 Å². The quantitative estimate of drug-likeness (QED) is 0.743. The third-order valence-corrected chi connectivity index (χ3v) is 7.12. The van der Waals surface area contributed by atoms with Gasteiger partial charge in [0.05, 0.1) is 11.0 Å². The van der Waals surface area contributed by atoms with Crippen LogP contribution in [0.4, 0.5) is 0 Å². The van der Waals surface area contributed by atoms with E-state index in [1.165, 1.54) is 0 Å². The molecular formula is C10H17BrO3S. The monoisotopic (exact) mass is 296 g/mol. The average Bonchev–Trinajstić information content (AvgIpc) is 2.99. The van der Waals surface area contributed by atoms with Crippen LogP contribution in [0.3, 0.4) is 0 Å². The fourth-order valence-electron chi connectivity index (χ4n) is 2.07. The highest BCUT2D eigenvalue weighted by atomic mass is 79.9. The van der Waals surface area contributed by atoms with Gasteiger partial charge in [-0.1, -0.05) is 15.9 Å². The Morgan fingerprint density at radius 3 is 2.33 bits per heavy atom. The lowest BCUT2D eigenvalue weighted by molar-refractivity contribution is 0.0983. The number of sulfone groups is 1. The Labute approximate surface area is 99.6 Å². The van der Waals surface area contributed by atoms with Crippen molar-refractivity contribution in [2.24, 2.45) is 5.41 Å². The fourth-order valence-corrected chi connectivity index (χ4v) is 5.49. The second kappa shape index (κ2) is 4.34. The van der Waals surface area contributed by atoms with Crippen LogP contribution in [0.1, 0.15) is 25.7 Å². The molecule has 0 radical (unpaired) electrons. The van der Waals surface area contributed by atoms with Crippen molar-refractivity contribution in [2.75, 3.05) is 24.3 Å². The second-order valence-electron chi connectivity index (χ2n) is 4.75. The summed E-state index contributed by atoms with van der Waals surface area (Å²) in [4.78, 5) is 0. The molecule has 2 fully saturated rings. The van der Waals surface area contributed by atoms with Crippen molar-refractivity contribution in [3.8, 4) is 0 Å². The molecule has 5 heteroatoms. The number of rotatable bonds is 4. The summed E-state index contributed by atoms with van der Waals surface area (Å²) in [6.07, 6.45) is 3.47. The summed E-state index contributed by atoms with van der Waals surface area (Å²) >= 11 is 3.42. The highest BCUT2D eigenvalue weighted by molar-refractivity contribution is 9.09. The van der Waals surface area contributed by atoms with Crippen molar-refractivity contribution >= 4 is 25.8 Å². The number of hydrogen-bond donors (Lipinski definition) is 0. The van der Waals surface area contributed by atoms with Gasteiger partial charge in [0, 0.05) is 18.5 Å². The predicted molar refractivity (Wildman–Crippen MR) is 63.1 cm³/mol. The van der Waals surface area contributed by atoms with Gasteiger partial charge < -0.3 is 4.74 Å². The first-order chi connectivity index (χ1) is 7.08. The average molecular weight is 297 g/mol. The van der Waals surface area contributed by atoms with E-state index in [4.69, 9.17) is 4.74 Å². The highest BCUT2D eigenvalue weighted by Gasteiger charge is 2.46. The molecular weight excluding hydrogens is 280 g/mol. The Morgan fingerprint density at radius 2 is 1.87 bits per heavy atom. The Balaban J connectivity index is 1.99. The molecule has 0 aromatic carbocycles. The molecule has 1 aliphatic heterocycles. The fraction of sp³-hybridized carbons (Fsp3) is 1.00. The lowest BCUT2D eigenvalue weighted by atomic mass is 10.2. The van der Waals surface area contributed by atoms with Crippen LogP contribution in [-0.2, 0) is 14.6 Å². The van der Waals surface area contributed by atoms with Crippen LogP contribution >= 0.6 is 15.9 Å². The lowest BCUT2D eigenvalue weighted by Crippen LogP contribution is -2.33. The van der Waals surface area contributed by atoms with E-state index in [0.29, 0.717) is 31.8 Å². The Bertz CT molecular complexity index is 316. The molecule has 0 N–H and O–H groups in total. The molecule has 2 aliphatic rings. The standard InChI is InChI=1S/C10H17BrO3S/c11-7-10(3-4-10)8-15(12,13)9-1-5-14-6-2-9/h9H,1-8H2. The van der Waals surface area contributed by atoms with E-state index >= 15 is 0 Å². The maximum Gasteiger partial charge on any atom is 0.153 e. The molecule has 2 rings (SSSR count). The molecule has 1 saturated carbocycles. The molecule has 0 amide bonds. The number of halogens is 1. The van der Waals surface area contributed by atoms with E-state index in [1.807, 2.05) is 0 Å². The summed E-state index contributed by atoms with van der Waals surface area (Å²) in [7, 11) is -2.90. The molecule has 88 valence electrons. The SMILES string of the molecule is O=S(=O)(CC1(CBr)CC1)C1CCOCC1. The van der Waals surface area contributed by atoms with Gasteiger partial charge in [-0.2, -0.15) is 0 Å². The third kappa shape index (κ3) is 2.74. The first-order valence-electron chi connectivity index (χ1n) is 5.43. The van der Waals surface area contributed by atoms with Crippen LogP contribution < -0.4 is 0 Å². The van der Waals surface area contributed by atoms with E-state index in [2.05, 4.69) is 15.9 Å². The number of ether oxygens (including phenoxy) is 1. The topological polar surface area (TPSA) is 43.4 Å². The summed E-state index contributed by atoms with van der Waals surface area (Å²) in [5, 5.41) is 0.672. The van der Waals surface area contributed by atoms with Crippen LogP contribution in [-0.4, -0.2) is 38.0 Å². The Morgan fingerprint density at radius 1 is 1.27 bits per heavy atom. The van der Waals surface area contributed by atoms with E-state index in [-0.39, 0.29) is 10.7 Å². The number of alkyl halides is 1. The Kier molecular flexibility index (Phi) is 3.43. The summed E-state index contributed by atoms with van der Waals surface area (Å²) in [5.41, 5.74) is 0.0666. The molecule has 0 atom stereocenters. The van der Waals surface area contributed by atoms with Crippen LogP contribution in [0.2, 0.25) is 0 Å². The molecule has 1 aliphatic carbocycles. The molecule has 1 saturated heterocycles. The van der Waals surface area contributed by atoms with E-state index in [9.17, 15) is 8.42 Å². The first-order valence-corrected chi connectivity index (χ1v) is 8.27. The summed E-state index contributed by atoms with van der Waals surface area (Å²) in [5.74, 6) is 0.371. The highest BCUT2D eigenvalue weighted by Crippen LogP contribution is 2.48. The van der Waals surface area contributed by atoms with Gasteiger partial charge in [-0.15, -0.1) is 0 Å². The predicted octanol–water partition coefficient (Wildman–Crippen LogP) is 1.76. The molecule has 3 nitrogen and oxygen atoms in total. The third-order valence-electron chi connectivity index (χ3n) is 3.42. The first kappa shape index (κ1) is 11.9. The van der Waals surface area contributed by atoms with Gasteiger partial charge in [-0.3, -0.25) is 0 Å². The largest absolute Gasteiger partial charge is 0.381 e. The van der Waals surface area contributed by atoms with Crippen molar-refractivity contribution in [1.29, 1.82) is 0 Å². The zero-order chi connectivity index (χ0) is 10.9. The molecule has 0 aromatic rings. The minimum atomic E-state index is -2.90. The van der Waals surface area contributed by atoms with Gasteiger partial charge in [0.15, 0.2) is 9.84 Å². The smallest absolute Gasteiger partial charge is 0.153 e. The van der Waals surface area contributed by atoms with Crippen molar-refractivity contribution in [1.82, 2.24) is 0 Å². The molecule has 15 heavy (non-hydrogen) atoms. The van der Waals surface area contributed by atoms with Crippen molar-refractivity contribution in [3.05, 3.63) is 0 Å². The summed E-state index contributed by atoms with van der Waals surface area (Å²) in [6, 6.07) is 0. The minimum absolute atomic E-state index is 0.0666. The van der Waals surface area contributed by atoms with Crippen LogP contribution in [0.15, 0.2) is 0 Å². The zero-order valence-electron chi connectivity index (χ0n) is 8.75. The van der Waals surface area contributed by atoms with Crippen molar-refractivity contribution in [3.63, 3.8) is 0 Å². The zero-order valence-corrected chi connectivity index (χ0v) is 11.1. The molecule has 0 spiro atoms. The molecule has 0 bridgehead atoms. The van der Waals surface area contributed by atoms with Gasteiger partial charge in [-0.25, -0.2) is 8.42 Å². The van der Waals surface area contributed by atoms with Gasteiger partial charge in [-0.05, 0) is 31.1 Å². The molecule has 0 unspecified atom stereocenters. The summed E-state index contributed by atoms with van der Waals surface area (Å²) < 4.78 is 29.4. The minimum Gasteiger partial charge on any atom is -0.381 e. The summed E-state index contributed by atoms with van der Waals surface area (Å²) in [6.45, 7) is 1.20. The Hall–Kier alpha value is 0.390. The van der Waals surface area contributed by atoms with E-state index in [1.54, 1.807) is 0 Å². The maximum absolute atomic E-state index is 12.1. The van der Waals surface area contributed by atoms with Crippen LogP contribution in [0, 0.1) is 5.41 Å². The molecule has 0 aromatic heterocycles. The van der Waals surface area contributed by atoms with Gasteiger partial charge in [0.1, 0.15) is 0 Å². The molecule has 1 heterocycles. The van der Waals surface area contributed by atoms with Crippen molar-refractivity contribution < 1.29 is 13.2 Å². The van der Waals surface area contributed by atoms with Crippen LogP contribution in [0.5, 0.6) is 0 Å². The normalized spacial score (nSPS) is 26.5. The van der Waals surface area contributed by atoms with Crippen molar-refractivity contribution in [2.45, 2.75) is 30.9 Å². The van der Waals surface area contributed by atoms with Gasteiger partial charge >= 0.3 is 0 Å². The second-order valence-corrected chi connectivity index (χ2v) is 7.59. The lowest BCUT2D eigenvalue weighted by Gasteiger charge is -2.24. The maximum atomic E-state index is 12.1. The van der Waals surface area contributed by atoms with Gasteiger partial charge in [0.25, 0.3) is 0 Å². The number of hydrogen-bond acceptors (Lipinski definition) is 3. The van der Waals surface area contributed by atoms with E-state index < -0.39 is 9.84 Å². The van der Waals surface area contributed by atoms with E-state index in [0.717, 1.165) is 18.2 Å². The van der Waals surface area contributed by atoms with Crippen LogP contribution in [0.25, 0.3) is 0 Å².